The molecule has 0 saturated heterocycles. The minimum absolute atomic E-state index is 0.138. The third kappa shape index (κ3) is 9.52. The molecule has 0 aliphatic heterocycles. The average molecular weight is 226 g/mol. The normalized spacial score (nSPS) is 13.6. The highest BCUT2D eigenvalue weighted by Gasteiger charge is 2.03. The summed E-state index contributed by atoms with van der Waals surface area (Å²) < 4.78 is 0. The van der Waals surface area contributed by atoms with Crippen molar-refractivity contribution in [3.63, 3.8) is 0 Å². The summed E-state index contributed by atoms with van der Waals surface area (Å²) in [5.74, 6) is 0.329. The first-order chi connectivity index (χ1) is 7.41. The van der Waals surface area contributed by atoms with Gasteiger partial charge in [0.2, 0.25) is 0 Å². The van der Waals surface area contributed by atoms with Crippen molar-refractivity contribution in [3.05, 3.63) is 0 Å². The highest BCUT2D eigenvalue weighted by atomic mass is 16.1. The molecule has 0 spiro atoms. The smallest absolute Gasteiger partial charge is 0.135 e. The number of hydrogen-bond donors (Lipinski definition) is 1. The summed E-state index contributed by atoms with van der Waals surface area (Å²) in [6.45, 7) is 8.39. The van der Waals surface area contributed by atoms with Crippen molar-refractivity contribution in [2.75, 3.05) is 13.1 Å². The van der Waals surface area contributed by atoms with Crippen molar-refractivity contribution in [2.45, 2.75) is 46.6 Å². The van der Waals surface area contributed by atoms with E-state index in [4.69, 9.17) is 0 Å². The molecule has 0 radical (unpaired) electrons. The van der Waals surface area contributed by atoms with E-state index in [1.807, 2.05) is 13.8 Å². The Hall–Kier alpha value is -1.03. The van der Waals surface area contributed by atoms with Crippen LogP contribution in [0, 0.1) is 0 Å². The summed E-state index contributed by atoms with van der Waals surface area (Å²) in [4.78, 5) is 25.9. The molecule has 0 rings (SSSR count). The van der Waals surface area contributed by atoms with Crippen molar-refractivity contribution in [1.29, 1.82) is 0 Å². The predicted molar refractivity (Wildman–Crippen MR) is 66.0 cm³/mol. The first-order valence-electron chi connectivity index (χ1n) is 5.64. The molecule has 0 aromatic heterocycles. The molecule has 0 aliphatic rings. The van der Waals surface area contributed by atoms with Crippen molar-refractivity contribution < 1.29 is 9.59 Å². The van der Waals surface area contributed by atoms with Crippen molar-refractivity contribution in [2.24, 2.45) is 4.99 Å². The van der Waals surface area contributed by atoms with E-state index in [9.17, 15) is 9.59 Å². The molecule has 16 heavy (non-hydrogen) atoms. The number of Topliss-reactive ketones (excluding diaryl/α,β-unsaturated/α-hetero) is 2. The molecule has 0 amide bonds. The first kappa shape index (κ1) is 15.0. The summed E-state index contributed by atoms with van der Waals surface area (Å²) in [7, 11) is 0. The Morgan fingerprint density at radius 3 is 2.31 bits per heavy atom. The molecule has 0 heterocycles. The maximum atomic E-state index is 10.8. The number of aliphatic imine (C=N–C) groups is 1. The standard InChI is InChI=1S/C12H22N2O2/c1-9(7-11(3)15)13-5-6-14-10(2)8-12(4)16/h9,13H,5-8H2,1-4H3. The largest absolute Gasteiger partial charge is 0.312 e. The van der Waals surface area contributed by atoms with Gasteiger partial charge in [-0.1, -0.05) is 0 Å². The Morgan fingerprint density at radius 2 is 1.81 bits per heavy atom. The van der Waals surface area contributed by atoms with Gasteiger partial charge in [0.25, 0.3) is 0 Å². The van der Waals surface area contributed by atoms with Crippen molar-refractivity contribution in [1.82, 2.24) is 5.32 Å². The summed E-state index contributed by atoms with van der Waals surface area (Å²) in [6.07, 6.45) is 0.985. The van der Waals surface area contributed by atoms with Gasteiger partial charge in [0.1, 0.15) is 11.6 Å². The zero-order valence-electron chi connectivity index (χ0n) is 10.7. The monoisotopic (exact) mass is 226 g/mol. The van der Waals surface area contributed by atoms with Gasteiger partial charge in [0.15, 0.2) is 0 Å². The lowest BCUT2D eigenvalue weighted by Gasteiger charge is -2.10. The molecule has 0 fully saturated rings. The van der Waals surface area contributed by atoms with Crippen LogP contribution in [-0.4, -0.2) is 36.4 Å². The summed E-state index contributed by atoms with van der Waals surface area (Å²) in [6, 6.07) is 0.195. The Bertz CT molecular complexity index is 272. The van der Waals surface area contributed by atoms with Crippen LogP contribution in [0.3, 0.4) is 0 Å². The molecule has 0 saturated carbocycles. The topological polar surface area (TPSA) is 58.5 Å². The Labute approximate surface area is 97.5 Å². The molecular weight excluding hydrogens is 204 g/mol. The predicted octanol–water partition coefficient (Wildman–Crippen LogP) is 1.38. The fourth-order valence-corrected chi connectivity index (χ4v) is 1.48. The lowest BCUT2D eigenvalue weighted by atomic mass is 10.2. The fourth-order valence-electron chi connectivity index (χ4n) is 1.48. The number of carbonyl (C=O) groups is 2. The number of hydrogen-bond acceptors (Lipinski definition) is 4. The van der Waals surface area contributed by atoms with Crippen LogP contribution in [0.15, 0.2) is 4.99 Å². The minimum atomic E-state index is 0.138. The van der Waals surface area contributed by atoms with Gasteiger partial charge in [-0.05, 0) is 27.7 Å². The van der Waals surface area contributed by atoms with Crippen LogP contribution in [0.25, 0.3) is 0 Å². The molecule has 1 N–H and O–H groups in total. The highest BCUT2D eigenvalue weighted by molar-refractivity contribution is 5.99. The van der Waals surface area contributed by atoms with E-state index in [0.29, 0.717) is 19.4 Å². The fraction of sp³-hybridized carbons (Fsp3) is 0.750. The van der Waals surface area contributed by atoms with Crippen LogP contribution in [0.1, 0.15) is 40.5 Å². The quantitative estimate of drug-likeness (QED) is 0.502. The van der Waals surface area contributed by atoms with Crippen LogP contribution >= 0.6 is 0 Å². The van der Waals surface area contributed by atoms with E-state index in [1.165, 1.54) is 0 Å². The molecule has 92 valence electrons. The van der Waals surface area contributed by atoms with Crippen molar-refractivity contribution >= 4 is 17.3 Å². The van der Waals surface area contributed by atoms with E-state index in [2.05, 4.69) is 10.3 Å². The number of nitrogens with zero attached hydrogens (tertiary/aromatic N) is 1. The minimum Gasteiger partial charge on any atom is -0.312 e. The van der Waals surface area contributed by atoms with E-state index < -0.39 is 0 Å². The molecule has 0 aliphatic carbocycles. The molecule has 0 aromatic carbocycles. The zero-order valence-corrected chi connectivity index (χ0v) is 10.7. The van der Waals surface area contributed by atoms with Gasteiger partial charge < -0.3 is 5.32 Å². The average Bonchev–Trinajstić information content (AvgIpc) is 2.10. The first-order valence-corrected chi connectivity index (χ1v) is 5.64. The summed E-state index contributed by atoms with van der Waals surface area (Å²) >= 11 is 0. The third-order valence-electron chi connectivity index (χ3n) is 2.08. The maximum Gasteiger partial charge on any atom is 0.135 e. The summed E-state index contributed by atoms with van der Waals surface area (Å²) in [5, 5.41) is 3.21. The van der Waals surface area contributed by atoms with Crippen LogP contribution < -0.4 is 5.32 Å². The SMILES string of the molecule is CC(=O)CC(C)=NCCNC(C)CC(C)=O. The van der Waals surface area contributed by atoms with Gasteiger partial charge in [-0.2, -0.15) is 0 Å². The lowest BCUT2D eigenvalue weighted by Crippen LogP contribution is -2.30. The lowest BCUT2D eigenvalue weighted by molar-refractivity contribution is -0.117. The Morgan fingerprint density at radius 1 is 1.19 bits per heavy atom. The van der Waals surface area contributed by atoms with Crippen LogP contribution in [-0.2, 0) is 9.59 Å². The Balaban J connectivity index is 3.66. The Kier molecular flexibility index (Phi) is 7.64. The molecular formula is C12H22N2O2. The number of ketones is 2. The maximum absolute atomic E-state index is 10.8. The zero-order chi connectivity index (χ0) is 12.6. The number of rotatable bonds is 8. The molecule has 4 heteroatoms. The second-order valence-electron chi connectivity index (χ2n) is 4.26. The van der Waals surface area contributed by atoms with E-state index in [1.54, 1.807) is 13.8 Å². The highest BCUT2D eigenvalue weighted by Crippen LogP contribution is 1.91. The molecule has 0 bridgehead atoms. The van der Waals surface area contributed by atoms with Gasteiger partial charge in [-0.25, -0.2) is 0 Å². The number of nitrogens with one attached hydrogen (secondary N) is 1. The molecule has 1 unspecified atom stereocenters. The third-order valence-corrected chi connectivity index (χ3v) is 2.08. The molecule has 1 atom stereocenters. The van der Waals surface area contributed by atoms with E-state index in [0.717, 1.165) is 12.3 Å². The molecule has 4 nitrogen and oxygen atoms in total. The second-order valence-corrected chi connectivity index (χ2v) is 4.26. The van der Waals surface area contributed by atoms with Crippen LogP contribution in [0.2, 0.25) is 0 Å². The van der Waals surface area contributed by atoms with Crippen LogP contribution in [0.5, 0.6) is 0 Å². The second kappa shape index (κ2) is 8.16. The van der Waals surface area contributed by atoms with Gasteiger partial charge in [0, 0.05) is 31.1 Å². The van der Waals surface area contributed by atoms with Gasteiger partial charge >= 0.3 is 0 Å². The van der Waals surface area contributed by atoms with E-state index >= 15 is 0 Å². The van der Waals surface area contributed by atoms with Gasteiger partial charge in [-0.15, -0.1) is 0 Å². The van der Waals surface area contributed by atoms with E-state index in [-0.39, 0.29) is 17.6 Å². The van der Waals surface area contributed by atoms with Gasteiger partial charge in [-0.3, -0.25) is 14.6 Å². The molecule has 0 aromatic rings. The number of carbonyl (C=O) groups excluding carboxylic acids is 2. The van der Waals surface area contributed by atoms with Crippen molar-refractivity contribution in [3.8, 4) is 0 Å². The van der Waals surface area contributed by atoms with Crippen LogP contribution in [0.4, 0.5) is 0 Å². The van der Waals surface area contributed by atoms with Gasteiger partial charge in [0.05, 0.1) is 6.54 Å². The summed E-state index contributed by atoms with van der Waals surface area (Å²) in [5.41, 5.74) is 0.869.